The van der Waals surface area contributed by atoms with Gasteiger partial charge in [0.2, 0.25) is 0 Å². The van der Waals surface area contributed by atoms with Gasteiger partial charge in [-0.05, 0) is 31.0 Å². The van der Waals surface area contributed by atoms with Crippen molar-refractivity contribution in [3.8, 4) is 17.9 Å². The number of nitrogens with zero attached hydrogens (tertiary/aromatic N) is 3. The van der Waals surface area contributed by atoms with Crippen molar-refractivity contribution >= 4 is 21.8 Å². The van der Waals surface area contributed by atoms with E-state index < -0.39 is 22.7 Å². The Morgan fingerprint density at radius 1 is 1.18 bits per heavy atom. The number of hydrogen-bond acceptors (Lipinski definition) is 7. The molecule has 1 aromatic rings. The summed E-state index contributed by atoms with van der Waals surface area (Å²) in [4.78, 5) is 4.42. The maximum absolute atomic E-state index is 10.3. The summed E-state index contributed by atoms with van der Waals surface area (Å²) in [5.74, 6) is -1.57. The van der Waals surface area contributed by atoms with Crippen molar-refractivity contribution in [2.24, 2.45) is 21.6 Å². The van der Waals surface area contributed by atoms with Gasteiger partial charge in [0.05, 0.1) is 32.5 Å². The Balaban J connectivity index is 2.23. The Bertz CT molecular complexity index is 882. The van der Waals surface area contributed by atoms with E-state index in [9.17, 15) is 10.5 Å². The highest BCUT2D eigenvalue weighted by atomic mass is 79.9. The summed E-state index contributed by atoms with van der Waals surface area (Å²) in [6.07, 6.45) is 1.41. The summed E-state index contributed by atoms with van der Waals surface area (Å²) < 4.78 is 18.4. The van der Waals surface area contributed by atoms with Crippen LogP contribution in [0.1, 0.15) is 38.2 Å². The van der Waals surface area contributed by atoms with Gasteiger partial charge in [-0.25, -0.2) is 4.99 Å². The lowest BCUT2D eigenvalue weighted by atomic mass is 9.93. The number of nitriles is 2. The molecule has 3 unspecified atom stereocenters. The van der Waals surface area contributed by atoms with Crippen LogP contribution in [0.4, 0.5) is 0 Å². The molecule has 3 rings (SSSR count). The molecule has 0 bridgehead atoms. The molecule has 7 nitrogen and oxygen atoms in total. The minimum Gasteiger partial charge on any atom is -0.496 e. The van der Waals surface area contributed by atoms with E-state index in [4.69, 9.17) is 19.9 Å². The first-order chi connectivity index (χ1) is 13.4. The SMILES string of the molecule is CCCOC1(OCCC)N=C(N)C2(C#N)C(c3cc(Br)ccc3OC)C12C#N. The zero-order valence-corrected chi connectivity index (χ0v) is 17.7. The number of halogens is 1. The van der Waals surface area contributed by atoms with Crippen LogP contribution in [0.3, 0.4) is 0 Å². The molecule has 2 aliphatic rings. The molecule has 8 heteroatoms. The molecular formula is C20H23BrN4O3. The van der Waals surface area contributed by atoms with Crippen molar-refractivity contribution < 1.29 is 14.2 Å². The standard InChI is InChI=1S/C20H23BrN4O3/c1-4-8-27-20(28-9-5-2)19(12-23)16(18(19,11-22)17(24)25-20)14-10-13(21)6-7-15(14)26-3/h6-7,10,16H,4-5,8-9H2,1-3H3,(H2,24,25). The van der Waals surface area contributed by atoms with Crippen molar-refractivity contribution in [1.29, 1.82) is 10.5 Å². The van der Waals surface area contributed by atoms with E-state index in [0.29, 0.717) is 37.4 Å². The molecule has 28 heavy (non-hydrogen) atoms. The fourth-order valence-corrected chi connectivity index (χ4v) is 4.62. The lowest BCUT2D eigenvalue weighted by Gasteiger charge is -2.32. The van der Waals surface area contributed by atoms with Crippen molar-refractivity contribution in [1.82, 2.24) is 0 Å². The number of nitrogens with two attached hydrogens (primary N) is 1. The summed E-state index contributed by atoms with van der Waals surface area (Å²) in [6, 6.07) is 10.1. The highest BCUT2D eigenvalue weighted by Crippen LogP contribution is 2.82. The van der Waals surface area contributed by atoms with E-state index in [0.717, 1.165) is 4.47 Å². The van der Waals surface area contributed by atoms with Crippen molar-refractivity contribution in [2.45, 2.75) is 38.5 Å². The summed E-state index contributed by atoms with van der Waals surface area (Å²) >= 11 is 3.46. The van der Waals surface area contributed by atoms with Crippen molar-refractivity contribution in [3.05, 3.63) is 28.2 Å². The summed E-state index contributed by atoms with van der Waals surface area (Å²) in [7, 11) is 1.55. The highest BCUT2D eigenvalue weighted by molar-refractivity contribution is 9.10. The first-order valence-electron chi connectivity index (χ1n) is 9.24. The number of benzene rings is 1. The van der Waals surface area contributed by atoms with Gasteiger partial charge >= 0.3 is 0 Å². The van der Waals surface area contributed by atoms with Gasteiger partial charge in [-0.1, -0.05) is 29.8 Å². The number of amidine groups is 1. The van der Waals surface area contributed by atoms with Gasteiger partial charge in [0.25, 0.3) is 5.91 Å². The second kappa shape index (κ2) is 7.36. The summed E-state index contributed by atoms with van der Waals surface area (Å²) in [5.41, 5.74) is 4.24. The summed E-state index contributed by atoms with van der Waals surface area (Å²) in [5, 5.41) is 20.5. The number of aliphatic imine (C=N–C) groups is 1. The van der Waals surface area contributed by atoms with Crippen LogP contribution < -0.4 is 10.5 Å². The van der Waals surface area contributed by atoms with Crippen LogP contribution >= 0.6 is 15.9 Å². The van der Waals surface area contributed by atoms with Gasteiger partial charge in [0, 0.05) is 16.0 Å². The molecule has 0 spiro atoms. The topological polar surface area (TPSA) is 114 Å². The van der Waals surface area contributed by atoms with Crippen molar-refractivity contribution in [2.75, 3.05) is 20.3 Å². The smallest absolute Gasteiger partial charge is 0.293 e. The van der Waals surface area contributed by atoms with Gasteiger partial charge < -0.3 is 19.9 Å². The zero-order chi connectivity index (χ0) is 20.6. The zero-order valence-electron chi connectivity index (χ0n) is 16.2. The van der Waals surface area contributed by atoms with Crippen LogP contribution in [0.2, 0.25) is 0 Å². The lowest BCUT2D eigenvalue weighted by Crippen LogP contribution is -2.44. The van der Waals surface area contributed by atoms with Gasteiger partial charge in [-0.2, -0.15) is 10.5 Å². The van der Waals surface area contributed by atoms with E-state index >= 15 is 0 Å². The second-order valence-electron chi connectivity index (χ2n) is 6.93. The Kier molecular flexibility index (Phi) is 5.42. The molecule has 2 N–H and O–H groups in total. The highest BCUT2D eigenvalue weighted by Gasteiger charge is 2.94. The average Bonchev–Trinajstić information content (AvgIpc) is 3.28. The summed E-state index contributed by atoms with van der Waals surface area (Å²) in [6.45, 7) is 4.56. The molecule has 1 saturated carbocycles. The Morgan fingerprint density at radius 2 is 1.82 bits per heavy atom. The molecule has 1 heterocycles. The Hall–Kier alpha value is -2.13. The van der Waals surface area contributed by atoms with E-state index in [1.54, 1.807) is 13.2 Å². The van der Waals surface area contributed by atoms with Crippen molar-refractivity contribution in [3.63, 3.8) is 0 Å². The number of methoxy groups -OCH3 is 1. The molecule has 0 radical (unpaired) electrons. The normalized spacial score (nSPS) is 29.4. The quantitative estimate of drug-likeness (QED) is 0.611. The average molecular weight is 447 g/mol. The third kappa shape index (κ3) is 2.42. The first-order valence-corrected chi connectivity index (χ1v) is 10.0. The van der Waals surface area contributed by atoms with E-state index in [1.165, 1.54) is 0 Å². The molecule has 148 valence electrons. The number of fused-ring (bicyclic) bond motifs is 1. The van der Waals surface area contributed by atoms with Gasteiger partial charge in [-0.3, -0.25) is 0 Å². The molecular weight excluding hydrogens is 424 g/mol. The third-order valence-electron chi connectivity index (χ3n) is 5.43. The molecule has 3 atom stereocenters. The monoisotopic (exact) mass is 446 g/mol. The maximum Gasteiger partial charge on any atom is 0.293 e. The van der Waals surface area contributed by atoms with Gasteiger partial charge in [-0.15, -0.1) is 0 Å². The minimum absolute atomic E-state index is 0.0655. The molecule has 1 aliphatic heterocycles. The molecule has 1 fully saturated rings. The largest absolute Gasteiger partial charge is 0.496 e. The molecule has 0 aromatic heterocycles. The molecule has 1 aliphatic carbocycles. The molecule has 1 aromatic carbocycles. The Morgan fingerprint density at radius 3 is 2.32 bits per heavy atom. The second-order valence-corrected chi connectivity index (χ2v) is 7.85. The lowest BCUT2D eigenvalue weighted by molar-refractivity contribution is -0.259. The van der Waals surface area contributed by atoms with Crippen LogP contribution in [-0.2, 0) is 9.47 Å². The first kappa shape index (κ1) is 20.6. The van der Waals surface area contributed by atoms with Crippen LogP contribution in [-0.4, -0.2) is 32.1 Å². The third-order valence-corrected chi connectivity index (χ3v) is 5.93. The predicted molar refractivity (Wildman–Crippen MR) is 106 cm³/mol. The van der Waals surface area contributed by atoms with E-state index in [1.807, 2.05) is 26.0 Å². The van der Waals surface area contributed by atoms with E-state index in [-0.39, 0.29) is 5.84 Å². The maximum atomic E-state index is 10.3. The number of ether oxygens (including phenoxy) is 3. The number of hydrogen-bond donors (Lipinski definition) is 1. The fourth-order valence-electron chi connectivity index (χ4n) is 4.24. The number of rotatable bonds is 8. The van der Waals surface area contributed by atoms with Gasteiger partial charge in [0.15, 0.2) is 5.41 Å². The Labute approximate surface area is 173 Å². The minimum atomic E-state index is -1.62. The van der Waals surface area contributed by atoms with Crippen LogP contribution in [0.5, 0.6) is 5.75 Å². The van der Waals surface area contributed by atoms with Crippen LogP contribution in [0.25, 0.3) is 0 Å². The fraction of sp³-hybridized carbons (Fsp3) is 0.550. The molecule has 0 saturated heterocycles. The van der Waals surface area contributed by atoms with Crippen LogP contribution in [0.15, 0.2) is 27.7 Å². The van der Waals surface area contributed by atoms with E-state index in [2.05, 4.69) is 33.1 Å². The van der Waals surface area contributed by atoms with Gasteiger partial charge in [0.1, 0.15) is 17.0 Å². The molecule has 0 amide bonds. The predicted octanol–water partition coefficient (Wildman–Crippen LogP) is 3.45. The van der Waals surface area contributed by atoms with Crippen LogP contribution in [0, 0.1) is 33.5 Å².